The third-order valence-electron chi connectivity index (χ3n) is 5.20. The highest BCUT2D eigenvalue weighted by molar-refractivity contribution is 14.0. The summed E-state index contributed by atoms with van der Waals surface area (Å²) in [6, 6.07) is 12.8. The summed E-state index contributed by atoms with van der Waals surface area (Å²) in [6.07, 6.45) is 4.47. The van der Waals surface area contributed by atoms with Crippen molar-refractivity contribution in [1.82, 2.24) is 15.6 Å². The molecule has 0 saturated carbocycles. The number of ether oxygens (including phenoxy) is 1. The smallest absolute Gasteiger partial charge is 0.191 e. The number of guanidine groups is 1. The van der Waals surface area contributed by atoms with Crippen molar-refractivity contribution in [3.05, 3.63) is 59.3 Å². The number of anilines is 1. The first-order valence-corrected chi connectivity index (χ1v) is 11.0. The molecule has 7 heteroatoms. The Morgan fingerprint density at radius 2 is 1.94 bits per heavy atom. The highest BCUT2D eigenvalue weighted by atomic mass is 127. The first-order valence-electron chi connectivity index (χ1n) is 11.0. The van der Waals surface area contributed by atoms with Gasteiger partial charge in [-0.1, -0.05) is 49.2 Å². The molecule has 2 heterocycles. The molecule has 3 rings (SSSR count). The lowest BCUT2D eigenvalue weighted by Crippen LogP contribution is -2.41. The minimum Gasteiger partial charge on any atom is -0.375 e. The van der Waals surface area contributed by atoms with Crippen LogP contribution in [0.15, 0.2) is 47.6 Å². The first-order chi connectivity index (χ1) is 14.6. The lowest BCUT2D eigenvalue weighted by Gasteiger charge is -2.32. The van der Waals surface area contributed by atoms with Gasteiger partial charge in [0, 0.05) is 32.4 Å². The zero-order chi connectivity index (χ0) is 21.2. The van der Waals surface area contributed by atoms with Crippen molar-refractivity contribution < 1.29 is 4.74 Å². The Bertz CT molecular complexity index is 795. The largest absolute Gasteiger partial charge is 0.375 e. The zero-order valence-electron chi connectivity index (χ0n) is 18.9. The van der Waals surface area contributed by atoms with E-state index in [1.165, 1.54) is 11.1 Å². The zero-order valence-corrected chi connectivity index (χ0v) is 21.3. The standard InChI is InChI=1S/C24H35N5O.HI/c1-4-5-12-25-24(27-15-21-8-6-19(2)7-9-21)28-17-22-10-11-23(26-16-22)29-13-14-30-20(3)18-29;/h6-11,16,20H,4-5,12-15,17-18H2,1-3H3,(H2,25,27,28);1H. The third kappa shape index (κ3) is 8.65. The van der Waals surface area contributed by atoms with E-state index in [9.17, 15) is 0 Å². The average molecular weight is 537 g/mol. The van der Waals surface area contributed by atoms with Gasteiger partial charge in [-0.05, 0) is 37.5 Å². The van der Waals surface area contributed by atoms with Crippen LogP contribution in [0.1, 0.15) is 43.4 Å². The van der Waals surface area contributed by atoms with Gasteiger partial charge in [0.1, 0.15) is 5.82 Å². The number of halogens is 1. The Balaban J connectivity index is 0.00000341. The minimum absolute atomic E-state index is 0. The Labute approximate surface area is 203 Å². The lowest BCUT2D eigenvalue weighted by atomic mass is 10.1. The molecular weight excluding hydrogens is 501 g/mol. The molecule has 1 aromatic carbocycles. The number of pyridine rings is 1. The van der Waals surface area contributed by atoms with E-state index in [4.69, 9.17) is 9.73 Å². The summed E-state index contributed by atoms with van der Waals surface area (Å²) in [4.78, 5) is 11.7. The number of rotatable bonds is 8. The maximum absolute atomic E-state index is 5.62. The van der Waals surface area contributed by atoms with E-state index in [0.29, 0.717) is 6.54 Å². The molecule has 1 aliphatic heterocycles. The molecule has 1 fully saturated rings. The maximum Gasteiger partial charge on any atom is 0.191 e. The molecule has 0 bridgehead atoms. The number of hydrogen-bond acceptors (Lipinski definition) is 4. The number of aromatic nitrogens is 1. The van der Waals surface area contributed by atoms with Crippen molar-refractivity contribution in [3.63, 3.8) is 0 Å². The van der Waals surface area contributed by atoms with Crippen LogP contribution in [-0.2, 0) is 17.8 Å². The number of morpholine rings is 1. The summed E-state index contributed by atoms with van der Waals surface area (Å²) in [7, 11) is 0. The van der Waals surface area contributed by atoms with Gasteiger partial charge in [-0.15, -0.1) is 24.0 Å². The molecule has 1 aromatic heterocycles. The van der Waals surface area contributed by atoms with Gasteiger partial charge in [-0.25, -0.2) is 9.98 Å². The van der Waals surface area contributed by atoms with Crippen molar-refractivity contribution >= 4 is 35.8 Å². The van der Waals surface area contributed by atoms with E-state index >= 15 is 0 Å². The molecule has 0 spiro atoms. The van der Waals surface area contributed by atoms with Gasteiger partial charge in [0.05, 0.1) is 19.3 Å². The topological polar surface area (TPSA) is 61.8 Å². The van der Waals surface area contributed by atoms with E-state index in [1.807, 2.05) is 6.20 Å². The van der Waals surface area contributed by atoms with Crippen LogP contribution in [0, 0.1) is 6.92 Å². The molecular formula is C24H36IN5O. The summed E-state index contributed by atoms with van der Waals surface area (Å²) >= 11 is 0. The van der Waals surface area contributed by atoms with Crippen LogP contribution in [-0.4, -0.2) is 43.3 Å². The van der Waals surface area contributed by atoms with Crippen molar-refractivity contribution in [3.8, 4) is 0 Å². The number of hydrogen-bond donors (Lipinski definition) is 2. The molecule has 2 aromatic rings. The lowest BCUT2D eigenvalue weighted by molar-refractivity contribution is 0.0529. The van der Waals surface area contributed by atoms with Crippen LogP contribution in [0.5, 0.6) is 0 Å². The molecule has 1 atom stereocenters. The molecule has 6 nitrogen and oxygen atoms in total. The summed E-state index contributed by atoms with van der Waals surface area (Å²) in [5, 5.41) is 6.89. The first kappa shape index (κ1) is 25.4. The van der Waals surface area contributed by atoms with Crippen molar-refractivity contribution in [2.75, 3.05) is 31.1 Å². The fourth-order valence-electron chi connectivity index (χ4n) is 3.34. The average Bonchev–Trinajstić information content (AvgIpc) is 2.77. The number of nitrogens with zero attached hydrogens (tertiary/aromatic N) is 3. The van der Waals surface area contributed by atoms with Gasteiger partial charge in [0.25, 0.3) is 0 Å². The van der Waals surface area contributed by atoms with E-state index in [-0.39, 0.29) is 30.1 Å². The summed E-state index contributed by atoms with van der Waals surface area (Å²) in [6.45, 7) is 11.2. The predicted octanol–water partition coefficient (Wildman–Crippen LogP) is 4.27. The monoisotopic (exact) mass is 537 g/mol. The van der Waals surface area contributed by atoms with Crippen LogP contribution in [0.25, 0.3) is 0 Å². The number of nitrogens with one attached hydrogen (secondary N) is 2. The van der Waals surface area contributed by atoms with Gasteiger partial charge >= 0.3 is 0 Å². The molecule has 0 amide bonds. The predicted molar refractivity (Wildman–Crippen MR) is 139 cm³/mol. The van der Waals surface area contributed by atoms with Gasteiger partial charge in [-0.3, -0.25) is 0 Å². The van der Waals surface area contributed by atoms with Crippen LogP contribution < -0.4 is 15.5 Å². The Hall–Kier alpha value is -1.87. The highest BCUT2D eigenvalue weighted by Crippen LogP contribution is 2.15. The van der Waals surface area contributed by atoms with Gasteiger partial charge in [-0.2, -0.15) is 0 Å². The van der Waals surface area contributed by atoms with E-state index in [0.717, 1.165) is 63.0 Å². The van der Waals surface area contributed by atoms with E-state index < -0.39 is 0 Å². The van der Waals surface area contributed by atoms with Gasteiger partial charge in [0.15, 0.2) is 5.96 Å². The Morgan fingerprint density at radius 1 is 1.16 bits per heavy atom. The molecule has 1 aliphatic rings. The number of benzene rings is 1. The second-order valence-electron chi connectivity index (χ2n) is 7.94. The molecule has 0 aliphatic carbocycles. The summed E-state index contributed by atoms with van der Waals surface area (Å²) in [5.41, 5.74) is 3.62. The van der Waals surface area contributed by atoms with Crippen LogP contribution in [0.4, 0.5) is 5.82 Å². The number of aliphatic imine (C=N–C) groups is 1. The number of unbranched alkanes of at least 4 members (excludes halogenated alkanes) is 1. The normalized spacial score (nSPS) is 16.5. The second kappa shape index (κ2) is 13.5. The fourth-order valence-corrected chi connectivity index (χ4v) is 3.34. The van der Waals surface area contributed by atoms with Crippen molar-refractivity contribution in [2.45, 2.75) is 52.8 Å². The molecule has 2 N–H and O–H groups in total. The molecule has 1 unspecified atom stereocenters. The number of aryl methyl sites for hydroxylation is 1. The molecule has 1 saturated heterocycles. The summed E-state index contributed by atoms with van der Waals surface area (Å²) in [5.74, 6) is 1.85. The molecule has 31 heavy (non-hydrogen) atoms. The van der Waals surface area contributed by atoms with Crippen molar-refractivity contribution in [2.24, 2.45) is 4.99 Å². The molecule has 0 radical (unpaired) electrons. The maximum atomic E-state index is 5.62. The van der Waals surface area contributed by atoms with Gasteiger partial charge < -0.3 is 20.3 Å². The van der Waals surface area contributed by atoms with Crippen molar-refractivity contribution in [1.29, 1.82) is 0 Å². The Morgan fingerprint density at radius 3 is 2.61 bits per heavy atom. The SMILES string of the molecule is CCCCNC(=NCc1ccc(N2CCOC(C)C2)nc1)NCc1ccc(C)cc1.I. The fraction of sp³-hybridized carbons (Fsp3) is 0.500. The second-order valence-corrected chi connectivity index (χ2v) is 7.94. The quantitative estimate of drug-likeness (QED) is 0.228. The van der Waals surface area contributed by atoms with E-state index in [1.54, 1.807) is 0 Å². The van der Waals surface area contributed by atoms with Crippen LogP contribution in [0.3, 0.4) is 0 Å². The van der Waals surface area contributed by atoms with Crippen LogP contribution in [0.2, 0.25) is 0 Å². The minimum atomic E-state index is 0. The van der Waals surface area contributed by atoms with E-state index in [2.05, 4.69) is 77.7 Å². The molecule has 170 valence electrons. The summed E-state index contributed by atoms with van der Waals surface area (Å²) < 4.78 is 5.62. The van der Waals surface area contributed by atoms with Gasteiger partial charge in [0.2, 0.25) is 0 Å². The Kier molecular flexibility index (Phi) is 11.1. The van der Waals surface area contributed by atoms with Crippen LogP contribution >= 0.6 is 24.0 Å². The highest BCUT2D eigenvalue weighted by Gasteiger charge is 2.17. The third-order valence-corrected chi connectivity index (χ3v) is 5.20.